The SMILES string of the molecule is O=C(C1=CCCCCC1)c1ccc2ccccc2n1. The molecule has 19 heavy (non-hydrogen) atoms. The molecule has 0 fully saturated rings. The zero-order valence-corrected chi connectivity index (χ0v) is 10.9. The molecule has 1 heterocycles. The second-order valence-electron chi connectivity index (χ2n) is 5.05. The fraction of sp³-hybridized carbons (Fsp3) is 0.294. The monoisotopic (exact) mass is 251 g/mol. The first kappa shape index (κ1) is 12.1. The lowest BCUT2D eigenvalue weighted by atomic mass is 10.0. The van der Waals surface area contributed by atoms with Crippen molar-refractivity contribution in [3.63, 3.8) is 0 Å². The molecule has 2 heteroatoms. The number of allylic oxidation sites excluding steroid dienone is 2. The molecule has 0 amide bonds. The van der Waals surface area contributed by atoms with Crippen LogP contribution in [0, 0.1) is 0 Å². The summed E-state index contributed by atoms with van der Waals surface area (Å²) in [6.45, 7) is 0. The van der Waals surface area contributed by atoms with E-state index in [4.69, 9.17) is 0 Å². The van der Waals surface area contributed by atoms with Crippen LogP contribution in [0.4, 0.5) is 0 Å². The number of ketones is 1. The molecule has 96 valence electrons. The minimum atomic E-state index is 0.104. The predicted molar refractivity (Wildman–Crippen MR) is 77.2 cm³/mol. The summed E-state index contributed by atoms with van der Waals surface area (Å²) in [6.07, 6.45) is 7.56. The van der Waals surface area contributed by atoms with E-state index in [0.29, 0.717) is 5.69 Å². The Balaban J connectivity index is 1.94. The topological polar surface area (TPSA) is 30.0 Å². The lowest BCUT2D eigenvalue weighted by Crippen LogP contribution is -2.05. The summed E-state index contributed by atoms with van der Waals surface area (Å²) < 4.78 is 0. The van der Waals surface area contributed by atoms with Crippen LogP contribution in [-0.2, 0) is 0 Å². The third kappa shape index (κ3) is 2.58. The molecule has 1 aromatic heterocycles. The third-order valence-electron chi connectivity index (χ3n) is 3.66. The van der Waals surface area contributed by atoms with E-state index < -0.39 is 0 Å². The standard InChI is InChI=1S/C17H17NO/c19-17(14-8-3-1-2-4-9-14)16-12-11-13-7-5-6-10-15(13)18-16/h5-8,10-12H,1-4,9H2. The van der Waals surface area contributed by atoms with E-state index in [2.05, 4.69) is 11.1 Å². The molecule has 1 aliphatic carbocycles. The van der Waals surface area contributed by atoms with E-state index in [-0.39, 0.29) is 5.78 Å². The summed E-state index contributed by atoms with van der Waals surface area (Å²) in [5.41, 5.74) is 2.41. The van der Waals surface area contributed by atoms with Gasteiger partial charge in [0.2, 0.25) is 5.78 Å². The third-order valence-corrected chi connectivity index (χ3v) is 3.66. The van der Waals surface area contributed by atoms with Crippen molar-refractivity contribution in [1.82, 2.24) is 4.98 Å². The van der Waals surface area contributed by atoms with Gasteiger partial charge in [-0.05, 0) is 43.4 Å². The van der Waals surface area contributed by atoms with Crippen molar-refractivity contribution in [3.05, 3.63) is 53.7 Å². The smallest absolute Gasteiger partial charge is 0.207 e. The van der Waals surface area contributed by atoms with Gasteiger partial charge in [0, 0.05) is 5.39 Å². The number of hydrogen-bond donors (Lipinski definition) is 0. The highest BCUT2D eigenvalue weighted by Gasteiger charge is 2.15. The number of benzene rings is 1. The van der Waals surface area contributed by atoms with Crippen LogP contribution in [0.5, 0.6) is 0 Å². The van der Waals surface area contributed by atoms with Gasteiger partial charge < -0.3 is 0 Å². The first-order valence-electron chi connectivity index (χ1n) is 6.94. The number of aromatic nitrogens is 1. The number of hydrogen-bond acceptors (Lipinski definition) is 2. The van der Waals surface area contributed by atoms with Gasteiger partial charge in [0.05, 0.1) is 5.52 Å². The summed E-state index contributed by atoms with van der Waals surface area (Å²) >= 11 is 0. The summed E-state index contributed by atoms with van der Waals surface area (Å²) in [5.74, 6) is 0.104. The van der Waals surface area contributed by atoms with Crippen LogP contribution in [0.3, 0.4) is 0 Å². The number of nitrogens with zero attached hydrogens (tertiary/aromatic N) is 1. The highest BCUT2D eigenvalue weighted by Crippen LogP contribution is 2.21. The molecule has 1 aromatic carbocycles. The molecule has 0 N–H and O–H groups in total. The number of Topliss-reactive ketones (excluding diaryl/α,β-unsaturated/α-hetero) is 1. The van der Waals surface area contributed by atoms with E-state index in [1.165, 1.54) is 12.8 Å². The summed E-state index contributed by atoms with van der Waals surface area (Å²) in [5, 5.41) is 1.08. The van der Waals surface area contributed by atoms with Crippen LogP contribution in [0.1, 0.15) is 42.6 Å². The van der Waals surface area contributed by atoms with E-state index in [0.717, 1.165) is 35.7 Å². The van der Waals surface area contributed by atoms with Gasteiger partial charge in [0.15, 0.2) is 0 Å². The number of carbonyl (C=O) groups excluding carboxylic acids is 1. The second kappa shape index (κ2) is 5.35. The Labute approximate surface area is 113 Å². The fourth-order valence-electron chi connectivity index (χ4n) is 2.58. The van der Waals surface area contributed by atoms with Gasteiger partial charge in [0.1, 0.15) is 5.69 Å². The number of fused-ring (bicyclic) bond motifs is 1. The van der Waals surface area contributed by atoms with E-state index in [1.807, 2.05) is 36.4 Å². The van der Waals surface area contributed by atoms with Crippen molar-refractivity contribution >= 4 is 16.7 Å². The maximum atomic E-state index is 12.5. The van der Waals surface area contributed by atoms with Gasteiger partial charge in [-0.2, -0.15) is 0 Å². The van der Waals surface area contributed by atoms with Crippen molar-refractivity contribution in [3.8, 4) is 0 Å². The molecule has 0 aliphatic heterocycles. The Morgan fingerprint density at radius 2 is 1.89 bits per heavy atom. The first-order chi connectivity index (χ1) is 9.34. The summed E-state index contributed by atoms with van der Waals surface area (Å²) in [7, 11) is 0. The van der Waals surface area contributed by atoms with Crippen molar-refractivity contribution in [2.24, 2.45) is 0 Å². The number of rotatable bonds is 2. The lowest BCUT2D eigenvalue weighted by Gasteiger charge is -2.05. The molecule has 0 unspecified atom stereocenters. The summed E-state index contributed by atoms with van der Waals surface area (Å²) in [6, 6.07) is 11.7. The molecule has 0 saturated carbocycles. The zero-order chi connectivity index (χ0) is 13.1. The van der Waals surface area contributed by atoms with E-state index in [9.17, 15) is 4.79 Å². The molecule has 0 spiro atoms. The maximum absolute atomic E-state index is 12.5. The quantitative estimate of drug-likeness (QED) is 0.744. The molecule has 2 nitrogen and oxygen atoms in total. The number of para-hydroxylation sites is 1. The lowest BCUT2D eigenvalue weighted by molar-refractivity contribution is 0.102. The minimum Gasteiger partial charge on any atom is -0.287 e. The second-order valence-corrected chi connectivity index (χ2v) is 5.05. The Bertz CT molecular complexity index is 643. The zero-order valence-electron chi connectivity index (χ0n) is 10.9. The number of pyridine rings is 1. The molecule has 0 bridgehead atoms. The number of carbonyl (C=O) groups is 1. The Hall–Kier alpha value is -1.96. The Morgan fingerprint density at radius 3 is 2.84 bits per heavy atom. The molecule has 1 aliphatic rings. The van der Waals surface area contributed by atoms with Crippen molar-refractivity contribution in [2.45, 2.75) is 32.1 Å². The van der Waals surface area contributed by atoms with Crippen molar-refractivity contribution < 1.29 is 4.79 Å². The van der Waals surface area contributed by atoms with Gasteiger partial charge in [-0.3, -0.25) is 4.79 Å². The largest absolute Gasteiger partial charge is 0.287 e. The molecule has 0 atom stereocenters. The minimum absolute atomic E-state index is 0.104. The van der Waals surface area contributed by atoms with E-state index >= 15 is 0 Å². The molecule has 0 saturated heterocycles. The van der Waals surface area contributed by atoms with Crippen LogP contribution in [-0.4, -0.2) is 10.8 Å². The van der Waals surface area contributed by atoms with Crippen molar-refractivity contribution in [1.29, 1.82) is 0 Å². The normalized spacial score (nSPS) is 15.9. The van der Waals surface area contributed by atoms with Gasteiger partial charge in [-0.25, -0.2) is 4.98 Å². The highest BCUT2D eigenvalue weighted by molar-refractivity contribution is 6.08. The average Bonchev–Trinajstić information content (AvgIpc) is 2.75. The van der Waals surface area contributed by atoms with Gasteiger partial charge in [-0.1, -0.05) is 36.8 Å². The van der Waals surface area contributed by atoms with E-state index in [1.54, 1.807) is 0 Å². The maximum Gasteiger partial charge on any atom is 0.207 e. The molecule has 3 rings (SSSR count). The van der Waals surface area contributed by atoms with Crippen molar-refractivity contribution in [2.75, 3.05) is 0 Å². The van der Waals surface area contributed by atoms with Crippen LogP contribution in [0.25, 0.3) is 10.9 Å². The average molecular weight is 251 g/mol. The highest BCUT2D eigenvalue weighted by atomic mass is 16.1. The molecular weight excluding hydrogens is 234 g/mol. The Morgan fingerprint density at radius 1 is 1.00 bits per heavy atom. The Kier molecular flexibility index (Phi) is 3.41. The fourth-order valence-corrected chi connectivity index (χ4v) is 2.58. The van der Waals surface area contributed by atoms with Crippen LogP contribution in [0.15, 0.2) is 48.0 Å². The summed E-state index contributed by atoms with van der Waals surface area (Å²) in [4.78, 5) is 17.0. The first-order valence-corrected chi connectivity index (χ1v) is 6.94. The van der Waals surface area contributed by atoms with Gasteiger partial charge >= 0.3 is 0 Å². The van der Waals surface area contributed by atoms with Gasteiger partial charge in [0.25, 0.3) is 0 Å². The predicted octanol–water partition coefficient (Wildman–Crippen LogP) is 4.31. The van der Waals surface area contributed by atoms with Crippen LogP contribution >= 0.6 is 0 Å². The van der Waals surface area contributed by atoms with Crippen LogP contribution < -0.4 is 0 Å². The molecule has 0 radical (unpaired) electrons. The molecule has 2 aromatic rings. The van der Waals surface area contributed by atoms with Gasteiger partial charge in [-0.15, -0.1) is 0 Å². The molecular formula is C17H17NO. The van der Waals surface area contributed by atoms with Crippen LogP contribution in [0.2, 0.25) is 0 Å².